The molecule has 6 nitrogen and oxygen atoms in total. The second-order valence-corrected chi connectivity index (χ2v) is 5.93. The molecule has 134 valence electrons. The summed E-state index contributed by atoms with van der Waals surface area (Å²) in [5, 5.41) is 9.86. The number of hydrogen-bond donors (Lipinski definition) is 2. The van der Waals surface area contributed by atoms with E-state index < -0.39 is 6.10 Å². The van der Waals surface area contributed by atoms with E-state index in [-0.39, 0.29) is 0 Å². The van der Waals surface area contributed by atoms with Crippen LogP contribution in [0.3, 0.4) is 0 Å². The Bertz CT molecular complexity index is 487. The molecule has 0 fully saturated rings. The van der Waals surface area contributed by atoms with Gasteiger partial charge in [-0.2, -0.15) is 0 Å². The quantitative estimate of drug-likeness (QED) is 0.349. The summed E-state index contributed by atoms with van der Waals surface area (Å²) in [6.45, 7) is 5.83. The topological polar surface area (TPSA) is 89.4 Å². The molecule has 1 atom stereocenters. The number of ether oxygens (including phenoxy) is 2. The molecule has 0 bridgehead atoms. The van der Waals surface area contributed by atoms with Gasteiger partial charge in [0.1, 0.15) is 24.4 Å². The third kappa shape index (κ3) is 9.84. The normalized spacial score (nSPS) is 13.0. The van der Waals surface area contributed by atoms with Crippen LogP contribution in [0.15, 0.2) is 34.3 Å². The molecule has 0 aromatic heterocycles. The highest BCUT2D eigenvalue weighted by Crippen LogP contribution is 2.18. The van der Waals surface area contributed by atoms with Gasteiger partial charge in [0, 0.05) is 13.0 Å². The summed E-state index contributed by atoms with van der Waals surface area (Å²) in [5.41, 5.74) is 5.09. The zero-order chi connectivity index (χ0) is 17.6. The van der Waals surface area contributed by atoms with Crippen molar-refractivity contribution in [2.45, 2.75) is 39.2 Å². The molecule has 1 unspecified atom stereocenters. The number of aliphatic hydroxyl groups excluding tert-OH is 1. The predicted octanol–water partition coefficient (Wildman–Crippen LogP) is 2.65. The molecule has 1 aromatic rings. The van der Waals surface area contributed by atoms with Gasteiger partial charge in [-0.1, -0.05) is 13.8 Å². The molecule has 24 heavy (non-hydrogen) atoms. The first kappa shape index (κ1) is 20.0. The smallest absolute Gasteiger partial charge is 0.119 e. The maximum absolute atomic E-state index is 9.86. The summed E-state index contributed by atoms with van der Waals surface area (Å²) in [6, 6.07) is 7.41. The van der Waals surface area contributed by atoms with Crippen molar-refractivity contribution in [1.29, 1.82) is 0 Å². The minimum Gasteiger partial charge on any atom is -0.494 e. The highest BCUT2D eigenvalue weighted by molar-refractivity contribution is 5.69. The number of nitrogens with two attached hydrogens (primary N) is 1. The molecular formula is C18H29N3O3. The van der Waals surface area contributed by atoms with Crippen LogP contribution in [0.4, 0.5) is 0 Å². The molecule has 0 amide bonds. The van der Waals surface area contributed by atoms with Gasteiger partial charge in [-0.05, 0) is 43.0 Å². The van der Waals surface area contributed by atoms with Crippen molar-refractivity contribution in [3.05, 3.63) is 24.3 Å². The maximum atomic E-state index is 9.86. The molecule has 0 aliphatic carbocycles. The fourth-order valence-corrected chi connectivity index (χ4v) is 1.92. The van der Waals surface area contributed by atoms with Crippen LogP contribution in [-0.4, -0.2) is 43.6 Å². The van der Waals surface area contributed by atoms with Crippen LogP contribution >= 0.6 is 0 Å². The second kappa shape index (κ2) is 12.4. The van der Waals surface area contributed by atoms with Gasteiger partial charge >= 0.3 is 0 Å². The lowest BCUT2D eigenvalue weighted by atomic mass is 10.1. The summed E-state index contributed by atoms with van der Waals surface area (Å²) >= 11 is 0. The molecule has 0 radical (unpaired) electrons. The van der Waals surface area contributed by atoms with Crippen molar-refractivity contribution >= 4 is 12.7 Å². The largest absolute Gasteiger partial charge is 0.494 e. The van der Waals surface area contributed by atoms with E-state index in [0.29, 0.717) is 25.7 Å². The summed E-state index contributed by atoms with van der Waals surface area (Å²) in [7, 11) is 0. The maximum Gasteiger partial charge on any atom is 0.119 e. The first-order chi connectivity index (χ1) is 11.6. The van der Waals surface area contributed by atoms with E-state index in [2.05, 4.69) is 23.8 Å². The van der Waals surface area contributed by atoms with Crippen molar-refractivity contribution < 1.29 is 14.6 Å². The van der Waals surface area contributed by atoms with Crippen molar-refractivity contribution in [2.75, 3.05) is 19.8 Å². The van der Waals surface area contributed by atoms with Crippen LogP contribution in [0.2, 0.25) is 0 Å². The standard InChI is InChI=1S/C18H29N3O3/c1-15(2)4-5-16(22)12-24-18-8-6-17(7-9-18)23-11-3-10-20-14-21-13-19/h6-9,13-16,22H,3-5,10-12H2,1-2H3,(H2,19,20,21). The molecule has 0 heterocycles. The molecule has 1 aromatic carbocycles. The highest BCUT2D eigenvalue weighted by atomic mass is 16.5. The summed E-state index contributed by atoms with van der Waals surface area (Å²) in [4.78, 5) is 7.72. The Morgan fingerprint density at radius 2 is 1.79 bits per heavy atom. The Hall–Kier alpha value is -2.08. The van der Waals surface area contributed by atoms with Crippen molar-refractivity contribution in [1.82, 2.24) is 0 Å². The van der Waals surface area contributed by atoms with Gasteiger partial charge in [-0.15, -0.1) is 0 Å². The lowest BCUT2D eigenvalue weighted by molar-refractivity contribution is 0.0950. The number of hydrogen-bond acceptors (Lipinski definition) is 4. The monoisotopic (exact) mass is 335 g/mol. The van der Waals surface area contributed by atoms with Crippen LogP contribution in [0, 0.1) is 5.92 Å². The van der Waals surface area contributed by atoms with Gasteiger partial charge in [0.2, 0.25) is 0 Å². The molecule has 6 heteroatoms. The Balaban J connectivity index is 2.20. The van der Waals surface area contributed by atoms with E-state index >= 15 is 0 Å². The van der Waals surface area contributed by atoms with Gasteiger partial charge in [-0.3, -0.25) is 4.99 Å². The average molecular weight is 335 g/mol. The van der Waals surface area contributed by atoms with Crippen LogP contribution in [-0.2, 0) is 0 Å². The Labute approximate surface area is 144 Å². The average Bonchev–Trinajstić information content (AvgIpc) is 2.58. The number of rotatable bonds is 12. The van der Waals surface area contributed by atoms with Gasteiger partial charge in [0.05, 0.1) is 19.0 Å². The molecule has 0 saturated carbocycles. The van der Waals surface area contributed by atoms with E-state index in [1.54, 1.807) is 0 Å². The lowest BCUT2D eigenvalue weighted by Crippen LogP contribution is -2.18. The van der Waals surface area contributed by atoms with E-state index in [1.165, 1.54) is 12.7 Å². The fraction of sp³-hybridized carbons (Fsp3) is 0.556. The van der Waals surface area contributed by atoms with Crippen LogP contribution in [0.25, 0.3) is 0 Å². The first-order valence-corrected chi connectivity index (χ1v) is 8.37. The van der Waals surface area contributed by atoms with E-state index in [0.717, 1.165) is 30.8 Å². The van der Waals surface area contributed by atoms with Crippen molar-refractivity contribution in [3.63, 3.8) is 0 Å². The number of aliphatic imine (C=N–C) groups is 2. The molecule has 0 saturated heterocycles. The Morgan fingerprint density at radius 1 is 1.12 bits per heavy atom. The SMILES string of the molecule is CC(C)CCC(O)COc1ccc(OCCCN=CN=CN)cc1. The third-order valence-electron chi connectivity index (χ3n) is 3.28. The molecule has 0 aliphatic rings. The number of benzene rings is 1. The summed E-state index contributed by atoms with van der Waals surface area (Å²) < 4.78 is 11.2. The minimum absolute atomic E-state index is 0.316. The second-order valence-electron chi connectivity index (χ2n) is 5.93. The Morgan fingerprint density at radius 3 is 2.42 bits per heavy atom. The molecule has 0 spiro atoms. The highest BCUT2D eigenvalue weighted by Gasteiger charge is 2.06. The molecule has 3 N–H and O–H groups in total. The Kier molecular flexibility index (Phi) is 10.3. The van der Waals surface area contributed by atoms with E-state index in [9.17, 15) is 5.11 Å². The van der Waals surface area contributed by atoms with Crippen LogP contribution in [0.5, 0.6) is 11.5 Å². The van der Waals surface area contributed by atoms with Gasteiger partial charge in [0.25, 0.3) is 0 Å². The number of nitrogens with zero attached hydrogens (tertiary/aromatic N) is 2. The zero-order valence-electron chi connectivity index (χ0n) is 14.6. The van der Waals surface area contributed by atoms with Crippen LogP contribution < -0.4 is 15.2 Å². The van der Waals surface area contributed by atoms with Crippen molar-refractivity contribution in [2.24, 2.45) is 21.6 Å². The number of aliphatic hydroxyl groups is 1. The van der Waals surface area contributed by atoms with Crippen LogP contribution in [0.1, 0.15) is 33.1 Å². The fourth-order valence-electron chi connectivity index (χ4n) is 1.92. The summed E-state index contributed by atoms with van der Waals surface area (Å²) in [5.74, 6) is 2.11. The third-order valence-corrected chi connectivity index (χ3v) is 3.28. The predicted molar refractivity (Wildman–Crippen MR) is 98.2 cm³/mol. The first-order valence-electron chi connectivity index (χ1n) is 8.37. The summed E-state index contributed by atoms with van der Waals surface area (Å²) in [6.07, 6.45) is 4.77. The van der Waals surface area contributed by atoms with Crippen molar-refractivity contribution in [3.8, 4) is 11.5 Å². The van der Waals surface area contributed by atoms with Gasteiger partial charge in [-0.25, -0.2) is 4.99 Å². The molecular weight excluding hydrogens is 306 g/mol. The van der Waals surface area contributed by atoms with E-state index in [4.69, 9.17) is 15.2 Å². The minimum atomic E-state index is -0.424. The zero-order valence-corrected chi connectivity index (χ0v) is 14.6. The molecule has 0 aliphatic heterocycles. The van der Waals surface area contributed by atoms with Gasteiger partial charge < -0.3 is 20.3 Å². The van der Waals surface area contributed by atoms with Gasteiger partial charge in [0.15, 0.2) is 0 Å². The molecule has 1 rings (SSSR count). The van der Waals surface area contributed by atoms with E-state index in [1.807, 2.05) is 24.3 Å². The lowest BCUT2D eigenvalue weighted by Gasteiger charge is -2.13.